The predicted molar refractivity (Wildman–Crippen MR) is 83.8 cm³/mol. The van der Waals surface area contributed by atoms with E-state index in [-0.39, 0.29) is 31.0 Å². The summed E-state index contributed by atoms with van der Waals surface area (Å²) in [5.74, 6) is -0.263. The molecule has 8 heteroatoms. The molecule has 2 saturated heterocycles. The van der Waals surface area contributed by atoms with Crippen molar-refractivity contribution in [3.63, 3.8) is 0 Å². The standard InChI is InChI=1S/C17H21F3N2O3/c18-17(19,20)14-4-2-1-3-13(14)15-9-12(23)10-22(15)16(24)11-21-5-7-25-8-6-21/h1-4,12,15,23H,5-11H2/t12-,15-/m0/s1. The molecule has 1 N–H and O–H groups in total. The van der Waals surface area contributed by atoms with E-state index in [0.29, 0.717) is 26.3 Å². The van der Waals surface area contributed by atoms with Crippen molar-refractivity contribution in [3.8, 4) is 0 Å². The molecule has 1 aromatic carbocycles. The molecule has 1 amide bonds. The summed E-state index contributed by atoms with van der Waals surface area (Å²) in [5, 5.41) is 9.97. The lowest BCUT2D eigenvalue weighted by Gasteiger charge is -2.31. The largest absolute Gasteiger partial charge is 0.416 e. The third-order valence-corrected chi connectivity index (χ3v) is 4.69. The van der Waals surface area contributed by atoms with Crippen LogP contribution in [0.15, 0.2) is 24.3 Å². The number of amides is 1. The van der Waals surface area contributed by atoms with Crippen LogP contribution in [0.25, 0.3) is 0 Å². The molecule has 2 aliphatic heterocycles. The van der Waals surface area contributed by atoms with Gasteiger partial charge in [-0.1, -0.05) is 18.2 Å². The zero-order valence-electron chi connectivity index (χ0n) is 13.7. The first-order valence-electron chi connectivity index (χ1n) is 8.30. The van der Waals surface area contributed by atoms with E-state index in [1.807, 2.05) is 4.90 Å². The van der Waals surface area contributed by atoms with Gasteiger partial charge in [-0.15, -0.1) is 0 Å². The molecule has 0 unspecified atom stereocenters. The summed E-state index contributed by atoms with van der Waals surface area (Å²) in [6.45, 7) is 2.49. The zero-order valence-corrected chi connectivity index (χ0v) is 13.7. The molecule has 0 aliphatic carbocycles. The average molecular weight is 358 g/mol. The van der Waals surface area contributed by atoms with Crippen molar-refractivity contribution in [2.45, 2.75) is 24.7 Å². The van der Waals surface area contributed by atoms with Crippen LogP contribution in [0.4, 0.5) is 13.2 Å². The second-order valence-corrected chi connectivity index (χ2v) is 6.42. The number of alkyl halides is 3. The Kier molecular flexibility index (Phi) is 5.31. The van der Waals surface area contributed by atoms with Crippen molar-refractivity contribution >= 4 is 5.91 Å². The second-order valence-electron chi connectivity index (χ2n) is 6.42. The van der Waals surface area contributed by atoms with Gasteiger partial charge >= 0.3 is 6.18 Å². The molecule has 0 aromatic heterocycles. The van der Waals surface area contributed by atoms with E-state index in [4.69, 9.17) is 4.74 Å². The number of likely N-dealkylation sites (tertiary alicyclic amines) is 1. The minimum absolute atomic E-state index is 0.0434. The number of hydrogen-bond acceptors (Lipinski definition) is 4. The highest BCUT2D eigenvalue weighted by Gasteiger charge is 2.41. The molecular formula is C17H21F3N2O3. The Hall–Kier alpha value is -1.64. The quantitative estimate of drug-likeness (QED) is 0.893. The summed E-state index contributed by atoms with van der Waals surface area (Å²) in [6, 6.07) is 4.50. The normalized spacial score (nSPS) is 25.4. The monoisotopic (exact) mass is 358 g/mol. The number of rotatable bonds is 3. The molecule has 0 radical (unpaired) electrons. The van der Waals surface area contributed by atoms with Crippen LogP contribution in [0.1, 0.15) is 23.6 Å². The molecule has 138 valence electrons. The molecule has 2 atom stereocenters. The van der Waals surface area contributed by atoms with E-state index in [2.05, 4.69) is 0 Å². The maximum Gasteiger partial charge on any atom is 0.416 e. The van der Waals surface area contributed by atoms with Crippen LogP contribution in [0.3, 0.4) is 0 Å². The van der Waals surface area contributed by atoms with Gasteiger partial charge in [0.2, 0.25) is 5.91 Å². The fourth-order valence-electron chi connectivity index (χ4n) is 3.47. The molecular weight excluding hydrogens is 337 g/mol. The predicted octanol–water partition coefficient (Wildman–Crippen LogP) is 1.67. The van der Waals surface area contributed by atoms with Gasteiger partial charge in [-0.3, -0.25) is 9.69 Å². The lowest BCUT2D eigenvalue weighted by molar-refractivity contribution is -0.141. The molecule has 5 nitrogen and oxygen atoms in total. The number of nitrogens with zero attached hydrogens (tertiary/aromatic N) is 2. The topological polar surface area (TPSA) is 53.0 Å². The van der Waals surface area contributed by atoms with Crippen LogP contribution in [-0.2, 0) is 15.7 Å². The van der Waals surface area contributed by atoms with Crippen molar-refractivity contribution in [3.05, 3.63) is 35.4 Å². The Labute approximate surface area is 144 Å². The smallest absolute Gasteiger partial charge is 0.391 e. The van der Waals surface area contributed by atoms with Crippen LogP contribution in [-0.4, -0.2) is 66.3 Å². The maximum atomic E-state index is 13.3. The molecule has 2 fully saturated rings. The highest BCUT2D eigenvalue weighted by atomic mass is 19.4. The number of ether oxygens (including phenoxy) is 1. The van der Waals surface area contributed by atoms with E-state index in [1.165, 1.54) is 23.1 Å². The highest BCUT2D eigenvalue weighted by Crippen LogP contribution is 2.40. The van der Waals surface area contributed by atoms with E-state index >= 15 is 0 Å². The first kappa shape index (κ1) is 18.2. The average Bonchev–Trinajstić information content (AvgIpc) is 2.97. The Morgan fingerprint density at radius 2 is 1.92 bits per heavy atom. The van der Waals surface area contributed by atoms with Gasteiger partial charge in [0, 0.05) is 19.6 Å². The van der Waals surface area contributed by atoms with Crippen molar-refractivity contribution in [1.29, 1.82) is 0 Å². The molecule has 2 heterocycles. The first-order valence-corrected chi connectivity index (χ1v) is 8.30. The van der Waals surface area contributed by atoms with E-state index in [0.717, 1.165) is 6.07 Å². The van der Waals surface area contributed by atoms with Gasteiger partial charge in [-0.25, -0.2) is 0 Å². The van der Waals surface area contributed by atoms with Crippen molar-refractivity contribution in [2.24, 2.45) is 0 Å². The fraction of sp³-hybridized carbons (Fsp3) is 0.588. The third-order valence-electron chi connectivity index (χ3n) is 4.69. The van der Waals surface area contributed by atoms with Crippen LogP contribution in [0.2, 0.25) is 0 Å². The highest BCUT2D eigenvalue weighted by molar-refractivity contribution is 5.79. The fourth-order valence-corrected chi connectivity index (χ4v) is 3.47. The lowest BCUT2D eigenvalue weighted by Crippen LogP contribution is -2.45. The zero-order chi connectivity index (χ0) is 18.0. The van der Waals surface area contributed by atoms with Gasteiger partial charge in [-0.05, 0) is 18.1 Å². The number of halogens is 3. The van der Waals surface area contributed by atoms with Crippen LogP contribution >= 0.6 is 0 Å². The number of β-amino-alcohol motifs (C(OH)–C–C–N with tert-alkyl or cyclic N) is 1. The van der Waals surface area contributed by atoms with E-state index in [9.17, 15) is 23.1 Å². The Morgan fingerprint density at radius 3 is 2.60 bits per heavy atom. The minimum atomic E-state index is -4.50. The van der Waals surface area contributed by atoms with Gasteiger partial charge in [0.1, 0.15) is 0 Å². The molecule has 3 rings (SSSR count). The summed E-state index contributed by atoms with van der Waals surface area (Å²) in [7, 11) is 0. The number of aliphatic hydroxyl groups is 1. The third kappa shape index (κ3) is 4.13. The van der Waals surface area contributed by atoms with Gasteiger partial charge in [0.05, 0.1) is 37.5 Å². The molecule has 25 heavy (non-hydrogen) atoms. The van der Waals surface area contributed by atoms with Crippen LogP contribution < -0.4 is 0 Å². The van der Waals surface area contributed by atoms with E-state index in [1.54, 1.807) is 0 Å². The summed E-state index contributed by atoms with van der Waals surface area (Å²) in [5.41, 5.74) is -0.708. The van der Waals surface area contributed by atoms with Crippen molar-refractivity contribution in [1.82, 2.24) is 9.80 Å². The molecule has 0 saturated carbocycles. The minimum Gasteiger partial charge on any atom is -0.391 e. The molecule has 0 spiro atoms. The maximum absolute atomic E-state index is 13.3. The first-order chi connectivity index (χ1) is 11.9. The van der Waals surface area contributed by atoms with Gasteiger partial charge in [0.15, 0.2) is 0 Å². The Balaban J connectivity index is 1.81. The number of benzene rings is 1. The van der Waals surface area contributed by atoms with Crippen molar-refractivity contribution < 1.29 is 27.8 Å². The Bertz CT molecular complexity index is 617. The summed E-state index contributed by atoms with van der Waals surface area (Å²) < 4.78 is 45.2. The SMILES string of the molecule is O=C(CN1CCOCC1)N1C[C@@H](O)C[C@H]1c1ccccc1C(F)(F)F. The summed E-state index contributed by atoms with van der Waals surface area (Å²) in [6.07, 6.45) is -5.20. The molecule has 1 aromatic rings. The van der Waals surface area contributed by atoms with Crippen LogP contribution in [0.5, 0.6) is 0 Å². The lowest BCUT2D eigenvalue weighted by atomic mass is 9.97. The Morgan fingerprint density at radius 1 is 1.24 bits per heavy atom. The number of carbonyl (C=O) groups excluding carboxylic acids is 1. The van der Waals surface area contributed by atoms with Crippen molar-refractivity contribution in [2.75, 3.05) is 39.4 Å². The van der Waals surface area contributed by atoms with E-state index < -0.39 is 23.9 Å². The summed E-state index contributed by atoms with van der Waals surface area (Å²) >= 11 is 0. The number of aliphatic hydroxyl groups excluding tert-OH is 1. The van der Waals surface area contributed by atoms with Gasteiger partial charge in [0.25, 0.3) is 0 Å². The second kappa shape index (κ2) is 7.31. The molecule has 2 aliphatic rings. The van der Waals surface area contributed by atoms with Crippen LogP contribution in [0, 0.1) is 0 Å². The number of carbonyl (C=O) groups is 1. The molecule has 0 bridgehead atoms. The summed E-state index contributed by atoms with van der Waals surface area (Å²) in [4.78, 5) is 16.0. The van der Waals surface area contributed by atoms with Gasteiger partial charge in [-0.2, -0.15) is 13.2 Å². The van der Waals surface area contributed by atoms with Gasteiger partial charge < -0.3 is 14.7 Å². The number of morpholine rings is 1. The number of hydrogen-bond donors (Lipinski definition) is 1.